The normalized spacial score (nSPS) is 12.2. The molecule has 31 heavy (non-hydrogen) atoms. The molecule has 0 bridgehead atoms. The third kappa shape index (κ3) is 4.43. The van der Waals surface area contributed by atoms with Gasteiger partial charge in [-0.2, -0.15) is 0 Å². The molecule has 3 aromatic rings. The van der Waals surface area contributed by atoms with Crippen LogP contribution in [0.25, 0.3) is 16.8 Å². The van der Waals surface area contributed by atoms with Crippen LogP contribution in [0, 0.1) is 0 Å². The molecule has 0 amide bonds. The Morgan fingerprint density at radius 3 is 1.94 bits per heavy atom. The Balaban J connectivity index is 2.47. The first kappa shape index (κ1) is 23.9. The van der Waals surface area contributed by atoms with E-state index in [4.69, 9.17) is 4.98 Å². The second-order valence-electron chi connectivity index (χ2n) is 8.83. The minimum absolute atomic E-state index is 0.197. The summed E-state index contributed by atoms with van der Waals surface area (Å²) < 4.78 is 8.42. The van der Waals surface area contributed by atoms with Gasteiger partial charge in [-0.25, -0.2) is 0 Å². The van der Waals surface area contributed by atoms with Gasteiger partial charge < -0.3 is 0 Å². The van der Waals surface area contributed by atoms with Crippen molar-refractivity contribution >= 4 is 35.5 Å². The van der Waals surface area contributed by atoms with E-state index >= 15 is 0 Å². The predicted molar refractivity (Wildman–Crippen MR) is 132 cm³/mol. The monoisotopic (exact) mass is 535 g/mol. The Kier molecular flexibility index (Phi) is 7.88. The van der Waals surface area contributed by atoms with Crippen LogP contribution < -0.4 is 16.4 Å². The summed E-state index contributed by atoms with van der Waals surface area (Å²) in [6, 6.07) is 7.71. The fraction of sp³-hybridized carbons (Fsp3) is 0.609. The molecule has 0 N–H and O–H groups in total. The summed E-state index contributed by atoms with van der Waals surface area (Å²) in [6.07, 6.45) is 6.74. The van der Waals surface area contributed by atoms with Gasteiger partial charge in [-0.15, -0.1) is 0 Å². The fourth-order valence-electron chi connectivity index (χ4n) is 4.69. The molecule has 0 radical (unpaired) electrons. The van der Waals surface area contributed by atoms with E-state index < -0.39 is 18.7 Å². The van der Waals surface area contributed by atoms with Crippen molar-refractivity contribution in [3.05, 3.63) is 45.2 Å². The predicted octanol–water partition coefficient (Wildman–Crippen LogP) is 4.20. The SMILES string of the molecule is CCC[CH2][Sn]([CH2]CCC)([CH2]CCC)[n]1c(=O)n(N(C)C)c(=O)n2c3ccccc3nc12. The first-order valence-corrected chi connectivity index (χ1v) is 19.1. The molecule has 170 valence electrons. The molecule has 0 atom stereocenters. The van der Waals surface area contributed by atoms with Gasteiger partial charge in [0.15, 0.2) is 0 Å². The second-order valence-corrected chi connectivity index (χ2v) is 21.4. The number of imidazole rings is 1. The molecule has 3 rings (SSSR count). The zero-order valence-corrected chi connectivity index (χ0v) is 22.6. The average Bonchev–Trinajstić information content (AvgIpc) is 3.13. The third-order valence-corrected chi connectivity index (χ3v) is 21.2. The summed E-state index contributed by atoms with van der Waals surface area (Å²) in [4.78, 5) is 32.3. The van der Waals surface area contributed by atoms with Gasteiger partial charge in [0.2, 0.25) is 0 Å². The van der Waals surface area contributed by atoms with Crippen LogP contribution in [-0.2, 0) is 0 Å². The van der Waals surface area contributed by atoms with Gasteiger partial charge in [0.05, 0.1) is 0 Å². The number of nitrogens with zero attached hydrogens (tertiary/aromatic N) is 5. The van der Waals surface area contributed by atoms with Gasteiger partial charge in [-0.3, -0.25) is 0 Å². The number of fused-ring (bicyclic) bond motifs is 3. The van der Waals surface area contributed by atoms with Crippen molar-refractivity contribution in [3.8, 4) is 0 Å². The minimum atomic E-state index is -3.25. The summed E-state index contributed by atoms with van der Waals surface area (Å²) >= 11 is -3.25. The van der Waals surface area contributed by atoms with Crippen molar-refractivity contribution in [1.82, 2.24) is 16.8 Å². The fourth-order valence-corrected chi connectivity index (χ4v) is 20.5. The van der Waals surface area contributed by atoms with Gasteiger partial charge in [0.25, 0.3) is 0 Å². The standard InChI is InChI=1S/C11H11N5O2.3C4H9.Sn/c1-14(2)16-10(17)13-9-12-7-5-3-4-6-8(7)15(9)11(16)18;3*1-3-4-2;/h3-6H,1-2H3,(H,12,13,17);3*1,3-4H2,2H3;/q;;;;+1/p-1. The van der Waals surface area contributed by atoms with E-state index in [-0.39, 0.29) is 11.4 Å². The van der Waals surface area contributed by atoms with Crippen LogP contribution in [0.4, 0.5) is 0 Å². The second kappa shape index (κ2) is 10.2. The summed E-state index contributed by atoms with van der Waals surface area (Å²) in [5, 5.41) is 1.62. The number of aromatic nitrogens is 4. The molecule has 8 heteroatoms. The van der Waals surface area contributed by atoms with Crippen LogP contribution in [0.3, 0.4) is 0 Å². The Hall–Kier alpha value is -1.77. The number of unbranched alkanes of at least 4 members (excludes halogenated alkanes) is 3. The van der Waals surface area contributed by atoms with E-state index in [0.29, 0.717) is 5.78 Å². The summed E-state index contributed by atoms with van der Waals surface area (Å²) in [5.74, 6) is 0.563. The van der Waals surface area contributed by atoms with Crippen molar-refractivity contribution in [1.29, 1.82) is 0 Å². The molecule has 7 nitrogen and oxygen atoms in total. The maximum atomic E-state index is 13.9. The molecule has 0 aliphatic heterocycles. The van der Waals surface area contributed by atoms with E-state index in [2.05, 4.69) is 23.6 Å². The van der Waals surface area contributed by atoms with E-state index in [1.807, 2.05) is 24.3 Å². The van der Waals surface area contributed by atoms with Crippen molar-refractivity contribution in [2.75, 3.05) is 19.1 Å². The van der Waals surface area contributed by atoms with Crippen LogP contribution in [-0.4, -0.2) is 49.6 Å². The quantitative estimate of drug-likeness (QED) is 0.346. The number of para-hydroxylation sites is 2. The molecule has 2 aromatic heterocycles. The summed E-state index contributed by atoms with van der Waals surface area (Å²) in [7, 11) is 3.53. The van der Waals surface area contributed by atoms with Gasteiger partial charge in [0.1, 0.15) is 0 Å². The van der Waals surface area contributed by atoms with Crippen molar-refractivity contribution in [3.63, 3.8) is 0 Å². The van der Waals surface area contributed by atoms with Crippen LogP contribution in [0.1, 0.15) is 59.3 Å². The molecule has 1 aromatic carbocycles. The molecule has 0 aliphatic rings. The number of hydrogen-bond donors (Lipinski definition) is 0. The topological polar surface area (TPSA) is 64.5 Å². The van der Waals surface area contributed by atoms with E-state index in [1.165, 1.54) is 4.68 Å². The van der Waals surface area contributed by atoms with Gasteiger partial charge in [0, 0.05) is 0 Å². The summed E-state index contributed by atoms with van der Waals surface area (Å²) in [6.45, 7) is 6.66. The molecular formula is C23H37N5O2Sn. The molecule has 0 unspecified atom stereocenters. The average molecular weight is 534 g/mol. The molecule has 2 heterocycles. The zero-order chi connectivity index (χ0) is 22.6. The van der Waals surface area contributed by atoms with E-state index in [1.54, 1.807) is 23.5 Å². The Bertz CT molecular complexity index is 1120. The van der Waals surface area contributed by atoms with Crippen LogP contribution in [0.2, 0.25) is 13.3 Å². The van der Waals surface area contributed by atoms with Gasteiger partial charge >= 0.3 is 189 Å². The third-order valence-electron chi connectivity index (χ3n) is 6.35. The molecule has 0 saturated carbocycles. The van der Waals surface area contributed by atoms with Gasteiger partial charge in [-0.05, 0) is 0 Å². The van der Waals surface area contributed by atoms with Crippen molar-refractivity contribution in [2.45, 2.75) is 72.6 Å². The Morgan fingerprint density at radius 2 is 1.42 bits per heavy atom. The van der Waals surface area contributed by atoms with Gasteiger partial charge in [-0.1, -0.05) is 0 Å². The van der Waals surface area contributed by atoms with Crippen LogP contribution in [0.15, 0.2) is 33.9 Å². The van der Waals surface area contributed by atoms with E-state index in [9.17, 15) is 9.59 Å². The maximum absolute atomic E-state index is 13.9. The number of benzene rings is 1. The van der Waals surface area contributed by atoms with Crippen LogP contribution >= 0.6 is 0 Å². The molecular weight excluding hydrogens is 497 g/mol. The first-order chi connectivity index (χ1) is 14.9. The molecule has 0 aliphatic carbocycles. The summed E-state index contributed by atoms with van der Waals surface area (Å²) in [5.41, 5.74) is 1.01. The Labute approximate surface area is 188 Å². The molecule has 0 spiro atoms. The van der Waals surface area contributed by atoms with Crippen molar-refractivity contribution < 1.29 is 0 Å². The van der Waals surface area contributed by atoms with Crippen LogP contribution in [0.5, 0.6) is 0 Å². The van der Waals surface area contributed by atoms with E-state index in [0.717, 1.165) is 62.9 Å². The van der Waals surface area contributed by atoms with Crippen molar-refractivity contribution in [2.24, 2.45) is 0 Å². The number of hydrogen-bond acceptors (Lipinski definition) is 4. The first-order valence-electron chi connectivity index (χ1n) is 11.7. The molecule has 0 fully saturated rings. The zero-order valence-electron chi connectivity index (χ0n) is 19.7. The molecule has 0 saturated heterocycles. The Morgan fingerprint density at radius 1 is 0.871 bits per heavy atom. The number of rotatable bonds is 11.